The van der Waals surface area contributed by atoms with E-state index in [2.05, 4.69) is 0 Å². The van der Waals surface area contributed by atoms with Gasteiger partial charge in [0.25, 0.3) is 15.9 Å². The molecule has 0 N–H and O–H groups in total. The zero-order valence-electron chi connectivity index (χ0n) is 17.0. The van der Waals surface area contributed by atoms with Gasteiger partial charge in [-0.25, -0.2) is 12.7 Å². The second-order valence-electron chi connectivity index (χ2n) is 7.85. The highest BCUT2D eigenvalue weighted by atomic mass is 32.2. The summed E-state index contributed by atoms with van der Waals surface area (Å²) >= 11 is 0. The number of amides is 1. The number of hydrogen-bond donors (Lipinski definition) is 0. The number of hydrogen-bond acceptors (Lipinski definition) is 6. The van der Waals surface area contributed by atoms with Crippen molar-refractivity contribution in [2.24, 2.45) is 0 Å². The summed E-state index contributed by atoms with van der Waals surface area (Å²) in [7, 11) is -4.10. The third-order valence-electron chi connectivity index (χ3n) is 5.86. The summed E-state index contributed by atoms with van der Waals surface area (Å²) in [5.74, 6) is -1.60. The maximum absolute atomic E-state index is 12.5. The number of Topliss-reactive ketones (excluding diaryl/α,β-unsaturated/α-hetero) is 1. The van der Waals surface area contributed by atoms with Crippen molar-refractivity contribution in [1.29, 1.82) is 0 Å². The Morgan fingerprint density at radius 1 is 0.968 bits per heavy atom. The quantitative estimate of drug-likeness (QED) is 0.504. The minimum absolute atomic E-state index is 0.0180. The van der Waals surface area contributed by atoms with Crippen molar-refractivity contribution in [3.8, 4) is 0 Å². The third kappa shape index (κ3) is 4.25. The van der Waals surface area contributed by atoms with Crippen molar-refractivity contribution in [2.75, 3.05) is 13.2 Å². The Bertz CT molecular complexity index is 1120. The molecule has 0 aromatic heterocycles. The molecule has 0 spiro atoms. The fourth-order valence-electron chi connectivity index (χ4n) is 4.16. The maximum Gasteiger partial charge on any atom is 0.327 e. The summed E-state index contributed by atoms with van der Waals surface area (Å²) in [4.78, 5) is 36.7. The van der Waals surface area contributed by atoms with Gasteiger partial charge in [-0.1, -0.05) is 55.7 Å². The van der Waals surface area contributed by atoms with Gasteiger partial charge in [0, 0.05) is 5.56 Å². The number of esters is 1. The largest absolute Gasteiger partial charge is 0.456 e. The van der Waals surface area contributed by atoms with Gasteiger partial charge in [-0.2, -0.15) is 0 Å². The molecule has 2 aromatic carbocycles. The number of ketones is 1. The Morgan fingerprint density at radius 3 is 2.32 bits per heavy atom. The van der Waals surface area contributed by atoms with Gasteiger partial charge in [-0.05, 0) is 36.5 Å². The standard InChI is InChI=1S/C23H23NO6S/c25-20(18-12-10-17(11-13-18)16-6-2-1-3-7-16)15-30-22(26)14-24-23(27)19-8-4-5-9-21(19)31(24,28)29/h4-5,8-13,16H,1-3,6-7,14-15H2. The minimum atomic E-state index is -4.10. The van der Waals surface area contributed by atoms with Gasteiger partial charge < -0.3 is 4.74 Å². The molecule has 8 heteroatoms. The highest BCUT2D eigenvalue weighted by Crippen LogP contribution is 2.32. The summed E-state index contributed by atoms with van der Waals surface area (Å²) < 4.78 is 30.4. The van der Waals surface area contributed by atoms with Gasteiger partial charge in [0.1, 0.15) is 11.4 Å². The van der Waals surface area contributed by atoms with Crippen LogP contribution in [0.15, 0.2) is 53.4 Å². The number of sulfonamides is 1. The van der Waals surface area contributed by atoms with Crippen LogP contribution >= 0.6 is 0 Å². The molecular formula is C23H23NO6S. The van der Waals surface area contributed by atoms with E-state index >= 15 is 0 Å². The smallest absolute Gasteiger partial charge is 0.327 e. The number of fused-ring (bicyclic) bond motifs is 1. The molecule has 31 heavy (non-hydrogen) atoms. The second kappa shape index (κ2) is 8.63. The van der Waals surface area contributed by atoms with Gasteiger partial charge in [-0.15, -0.1) is 0 Å². The Morgan fingerprint density at radius 2 is 1.65 bits per heavy atom. The van der Waals surface area contributed by atoms with Crippen molar-refractivity contribution in [3.05, 3.63) is 65.2 Å². The maximum atomic E-state index is 12.5. The molecular weight excluding hydrogens is 418 g/mol. The lowest BCUT2D eigenvalue weighted by Crippen LogP contribution is -2.36. The van der Waals surface area contributed by atoms with Crippen molar-refractivity contribution in [1.82, 2.24) is 4.31 Å². The van der Waals surface area contributed by atoms with E-state index in [1.54, 1.807) is 18.2 Å². The van der Waals surface area contributed by atoms with E-state index in [1.807, 2.05) is 12.1 Å². The van der Waals surface area contributed by atoms with Crippen molar-refractivity contribution < 1.29 is 27.5 Å². The molecule has 0 radical (unpaired) electrons. The number of carbonyl (C=O) groups is 3. The highest BCUT2D eigenvalue weighted by Gasteiger charge is 2.42. The number of nitrogens with zero attached hydrogens (tertiary/aromatic N) is 1. The van der Waals surface area contributed by atoms with Gasteiger partial charge >= 0.3 is 5.97 Å². The van der Waals surface area contributed by atoms with E-state index in [0.29, 0.717) is 15.8 Å². The minimum Gasteiger partial charge on any atom is -0.456 e. The lowest BCUT2D eigenvalue weighted by Gasteiger charge is -2.22. The zero-order chi connectivity index (χ0) is 22.0. The van der Waals surface area contributed by atoms with Gasteiger partial charge in [0.05, 0.1) is 5.56 Å². The first-order chi connectivity index (χ1) is 14.9. The SMILES string of the molecule is O=C(CN1C(=O)c2ccccc2S1(=O)=O)OCC(=O)c1ccc(C2CCCCC2)cc1. The molecule has 1 aliphatic carbocycles. The fraction of sp³-hybridized carbons (Fsp3) is 0.348. The normalized spacial score (nSPS) is 17.9. The summed E-state index contributed by atoms with van der Waals surface area (Å²) in [6.45, 7) is -1.29. The molecule has 162 valence electrons. The fourth-order valence-corrected chi connectivity index (χ4v) is 5.67. The Balaban J connectivity index is 1.34. The molecule has 0 saturated heterocycles. The van der Waals surface area contributed by atoms with Crippen molar-refractivity contribution in [3.63, 3.8) is 0 Å². The first-order valence-corrected chi connectivity index (χ1v) is 11.8. The molecule has 1 amide bonds. The lowest BCUT2D eigenvalue weighted by molar-refractivity contribution is -0.142. The van der Waals surface area contributed by atoms with E-state index in [9.17, 15) is 22.8 Å². The molecule has 0 atom stereocenters. The van der Waals surface area contributed by atoms with Gasteiger partial charge in [-0.3, -0.25) is 14.4 Å². The van der Waals surface area contributed by atoms with Crippen LogP contribution < -0.4 is 0 Å². The van der Waals surface area contributed by atoms with E-state index in [-0.39, 0.29) is 16.2 Å². The van der Waals surface area contributed by atoms with Crippen LogP contribution in [0.5, 0.6) is 0 Å². The van der Waals surface area contributed by atoms with E-state index in [1.165, 1.54) is 43.0 Å². The van der Waals surface area contributed by atoms with Crippen LogP contribution in [0.25, 0.3) is 0 Å². The van der Waals surface area contributed by atoms with Crippen LogP contribution in [0, 0.1) is 0 Å². The van der Waals surface area contributed by atoms with Crippen molar-refractivity contribution in [2.45, 2.75) is 42.9 Å². The Labute approximate surface area is 181 Å². The third-order valence-corrected chi connectivity index (χ3v) is 7.65. The molecule has 1 heterocycles. The number of ether oxygens (including phenoxy) is 1. The van der Waals surface area contributed by atoms with Crippen molar-refractivity contribution >= 4 is 27.7 Å². The number of benzene rings is 2. The van der Waals surface area contributed by atoms with Crippen LogP contribution in [0.3, 0.4) is 0 Å². The van der Waals surface area contributed by atoms with Crippen LogP contribution in [-0.4, -0.2) is 43.5 Å². The summed E-state index contributed by atoms with van der Waals surface area (Å²) in [5, 5.41) is 0. The molecule has 0 unspecified atom stereocenters. The first-order valence-electron chi connectivity index (χ1n) is 10.3. The van der Waals surface area contributed by atoms with Crippen LogP contribution in [0.2, 0.25) is 0 Å². The average Bonchev–Trinajstić information content (AvgIpc) is 2.99. The zero-order valence-corrected chi connectivity index (χ0v) is 17.8. The van der Waals surface area contributed by atoms with Gasteiger partial charge in [0.15, 0.2) is 12.4 Å². The molecule has 0 bridgehead atoms. The summed E-state index contributed by atoms with van der Waals surface area (Å²) in [5.41, 5.74) is 1.65. The van der Waals surface area contributed by atoms with E-state index in [0.717, 1.165) is 12.8 Å². The first kappa shape index (κ1) is 21.2. The molecule has 1 fully saturated rings. The van der Waals surface area contributed by atoms with E-state index < -0.39 is 35.1 Å². The Kier molecular flexibility index (Phi) is 5.91. The van der Waals surface area contributed by atoms with Gasteiger partial charge in [0.2, 0.25) is 0 Å². The summed E-state index contributed by atoms with van der Waals surface area (Å²) in [6.07, 6.45) is 6.04. The molecule has 7 nitrogen and oxygen atoms in total. The second-order valence-corrected chi connectivity index (χ2v) is 9.68. The van der Waals surface area contributed by atoms with Crippen LogP contribution in [0.1, 0.15) is 64.3 Å². The highest BCUT2D eigenvalue weighted by molar-refractivity contribution is 7.90. The molecule has 4 rings (SSSR count). The molecule has 2 aromatic rings. The predicted molar refractivity (Wildman–Crippen MR) is 112 cm³/mol. The number of carbonyl (C=O) groups excluding carboxylic acids is 3. The monoisotopic (exact) mass is 441 g/mol. The molecule has 1 saturated carbocycles. The van der Waals surface area contributed by atoms with Crippen LogP contribution in [-0.2, 0) is 19.6 Å². The Hall–Kier alpha value is -3.00. The average molecular weight is 442 g/mol. The summed E-state index contributed by atoms with van der Waals surface area (Å²) in [6, 6.07) is 13.1. The van der Waals surface area contributed by atoms with E-state index in [4.69, 9.17) is 4.74 Å². The number of rotatable bonds is 6. The topological polar surface area (TPSA) is 97.8 Å². The molecule has 2 aliphatic rings. The molecule has 1 aliphatic heterocycles. The predicted octanol–water partition coefficient (Wildman–Crippen LogP) is 3.30. The lowest BCUT2D eigenvalue weighted by atomic mass is 9.84. The van der Waals surface area contributed by atoms with Crippen LogP contribution in [0.4, 0.5) is 0 Å².